The van der Waals surface area contributed by atoms with E-state index in [-0.39, 0.29) is 5.94 Å². The molecule has 1 aromatic rings. The molecule has 19 heavy (non-hydrogen) atoms. The van der Waals surface area contributed by atoms with Crippen LogP contribution in [0, 0.1) is 0 Å². The Hall–Kier alpha value is -1.07. The molecule has 3 atom stereocenters. The summed E-state index contributed by atoms with van der Waals surface area (Å²) in [5.74, 6) is 0.853. The number of fused-ring (bicyclic) bond motifs is 2. The molecule has 3 aliphatic heterocycles. The molecule has 3 saturated heterocycles. The maximum Gasteiger partial charge on any atom is 0.212 e. The molecule has 0 N–H and O–H groups in total. The van der Waals surface area contributed by atoms with Crippen molar-refractivity contribution in [2.75, 3.05) is 20.2 Å². The van der Waals surface area contributed by atoms with E-state index in [9.17, 15) is 0 Å². The van der Waals surface area contributed by atoms with Crippen LogP contribution in [0.5, 0.6) is 5.88 Å². The third-order valence-corrected chi connectivity index (χ3v) is 4.32. The molecular weight excluding hydrogens is 237 g/mol. The lowest BCUT2D eigenvalue weighted by Gasteiger charge is -2.57. The van der Waals surface area contributed by atoms with Gasteiger partial charge in [0.15, 0.2) is 0 Å². The molecule has 4 heterocycles. The van der Waals surface area contributed by atoms with Crippen LogP contribution in [0.4, 0.5) is 0 Å². The molecule has 2 radical (unpaired) electrons. The predicted molar refractivity (Wildman–Crippen MR) is 75.3 cm³/mol. The second-order valence-electron chi connectivity index (χ2n) is 5.62. The van der Waals surface area contributed by atoms with Crippen molar-refractivity contribution in [3.63, 3.8) is 0 Å². The Balaban J connectivity index is 1.60. The number of pyridine rings is 1. The van der Waals surface area contributed by atoms with Crippen LogP contribution in [-0.4, -0.2) is 60.9 Å². The first-order chi connectivity index (χ1) is 9.17. The maximum atomic E-state index is 5.96. The van der Waals surface area contributed by atoms with Gasteiger partial charge in [-0.15, -0.1) is 0 Å². The van der Waals surface area contributed by atoms with Gasteiger partial charge in [0, 0.05) is 44.0 Å². The number of aromatic nitrogens is 1. The molecule has 4 rings (SSSR count). The van der Waals surface area contributed by atoms with Crippen molar-refractivity contribution in [3.05, 3.63) is 23.9 Å². The SMILES string of the molecule is [B]C(C)N1CC2CC(C1)N2Cc1ccc(OC)nc1. The first-order valence-corrected chi connectivity index (χ1v) is 6.91. The second kappa shape index (κ2) is 5.14. The van der Waals surface area contributed by atoms with Crippen molar-refractivity contribution in [2.24, 2.45) is 0 Å². The molecule has 3 fully saturated rings. The number of nitrogens with zero attached hydrogens (tertiary/aromatic N) is 3. The van der Waals surface area contributed by atoms with Gasteiger partial charge in [0.05, 0.1) is 15.0 Å². The number of piperazine rings is 1. The lowest BCUT2D eigenvalue weighted by molar-refractivity contribution is -0.0775. The predicted octanol–water partition coefficient (Wildman–Crippen LogP) is 0.863. The van der Waals surface area contributed by atoms with Crippen LogP contribution < -0.4 is 4.74 Å². The highest BCUT2D eigenvalue weighted by atomic mass is 16.5. The minimum absolute atomic E-state index is 0.176. The van der Waals surface area contributed by atoms with Crippen molar-refractivity contribution in [2.45, 2.75) is 37.9 Å². The van der Waals surface area contributed by atoms with Crippen LogP contribution in [0.3, 0.4) is 0 Å². The van der Waals surface area contributed by atoms with E-state index in [2.05, 4.69) is 27.8 Å². The van der Waals surface area contributed by atoms with Crippen LogP contribution in [0.2, 0.25) is 0 Å². The van der Waals surface area contributed by atoms with Gasteiger partial charge in [0.25, 0.3) is 0 Å². The Labute approximate surface area is 116 Å². The molecule has 0 saturated carbocycles. The molecule has 100 valence electrons. The number of methoxy groups -OCH3 is 1. The van der Waals surface area contributed by atoms with Gasteiger partial charge in [0.2, 0.25) is 5.88 Å². The molecule has 5 heteroatoms. The van der Waals surface area contributed by atoms with Crippen molar-refractivity contribution in [1.29, 1.82) is 0 Å². The number of hydrogen-bond acceptors (Lipinski definition) is 4. The van der Waals surface area contributed by atoms with Crippen molar-refractivity contribution in [3.8, 4) is 5.88 Å². The quantitative estimate of drug-likeness (QED) is 0.748. The maximum absolute atomic E-state index is 5.96. The van der Waals surface area contributed by atoms with Crippen molar-refractivity contribution in [1.82, 2.24) is 14.8 Å². The van der Waals surface area contributed by atoms with Gasteiger partial charge in [-0.1, -0.05) is 13.0 Å². The summed E-state index contributed by atoms with van der Waals surface area (Å²) in [6.07, 6.45) is 3.23. The first-order valence-electron chi connectivity index (χ1n) is 6.91. The van der Waals surface area contributed by atoms with E-state index in [0.29, 0.717) is 18.0 Å². The van der Waals surface area contributed by atoms with Gasteiger partial charge in [-0.05, 0) is 17.9 Å². The van der Waals surface area contributed by atoms with Crippen molar-refractivity contribution >= 4 is 7.85 Å². The highest BCUT2D eigenvalue weighted by Crippen LogP contribution is 2.34. The van der Waals surface area contributed by atoms with Gasteiger partial charge in [-0.2, -0.15) is 0 Å². The first kappa shape index (κ1) is 12.9. The summed E-state index contributed by atoms with van der Waals surface area (Å²) in [4.78, 5) is 9.21. The summed E-state index contributed by atoms with van der Waals surface area (Å²) < 4.78 is 5.08. The summed E-state index contributed by atoms with van der Waals surface area (Å²) in [5.41, 5.74) is 1.25. The van der Waals surface area contributed by atoms with E-state index in [1.807, 2.05) is 12.3 Å². The van der Waals surface area contributed by atoms with Crippen LogP contribution in [-0.2, 0) is 6.54 Å². The number of hydrogen-bond donors (Lipinski definition) is 0. The van der Waals surface area contributed by atoms with E-state index in [1.165, 1.54) is 12.0 Å². The molecule has 2 bridgehead atoms. The molecule has 4 nitrogen and oxygen atoms in total. The third kappa shape index (κ3) is 2.49. The van der Waals surface area contributed by atoms with Gasteiger partial charge in [-0.25, -0.2) is 4.98 Å². The largest absolute Gasteiger partial charge is 0.481 e. The number of ether oxygens (including phenoxy) is 1. The highest BCUT2D eigenvalue weighted by Gasteiger charge is 2.44. The van der Waals surface area contributed by atoms with E-state index in [4.69, 9.17) is 12.6 Å². The van der Waals surface area contributed by atoms with Crippen molar-refractivity contribution < 1.29 is 4.74 Å². The molecule has 3 unspecified atom stereocenters. The number of rotatable bonds is 4. The average Bonchev–Trinajstić information content (AvgIpc) is 2.45. The summed E-state index contributed by atoms with van der Waals surface area (Å²) >= 11 is 0. The Morgan fingerprint density at radius 3 is 2.68 bits per heavy atom. The molecule has 0 aliphatic carbocycles. The topological polar surface area (TPSA) is 28.6 Å². The zero-order valence-electron chi connectivity index (χ0n) is 11.6. The third-order valence-electron chi connectivity index (χ3n) is 4.32. The van der Waals surface area contributed by atoms with E-state index >= 15 is 0 Å². The van der Waals surface area contributed by atoms with E-state index in [1.54, 1.807) is 7.11 Å². The molecule has 0 amide bonds. The van der Waals surface area contributed by atoms with E-state index < -0.39 is 0 Å². The molecule has 1 aromatic heterocycles. The lowest BCUT2D eigenvalue weighted by Crippen LogP contribution is -2.69. The van der Waals surface area contributed by atoms with Crippen LogP contribution >= 0.6 is 0 Å². The monoisotopic (exact) mass is 257 g/mol. The Morgan fingerprint density at radius 1 is 1.42 bits per heavy atom. The minimum Gasteiger partial charge on any atom is -0.481 e. The summed E-state index contributed by atoms with van der Waals surface area (Å²) in [5, 5.41) is 0. The Kier molecular flexibility index (Phi) is 3.50. The average molecular weight is 257 g/mol. The highest BCUT2D eigenvalue weighted by molar-refractivity contribution is 6.11. The number of piperidine rings is 1. The normalized spacial score (nSPS) is 28.7. The minimum atomic E-state index is 0.176. The molecule has 0 spiro atoms. The van der Waals surface area contributed by atoms with Crippen LogP contribution in [0.15, 0.2) is 18.3 Å². The van der Waals surface area contributed by atoms with E-state index in [0.717, 1.165) is 19.6 Å². The fourth-order valence-electron chi connectivity index (χ4n) is 3.15. The smallest absolute Gasteiger partial charge is 0.212 e. The fraction of sp³-hybridized carbons (Fsp3) is 0.643. The molecular formula is C14H20BN3O. The summed E-state index contributed by atoms with van der Waals surface area (Å²) in [6, 6.07) is 5.35. The molecule has 3 aliphatic rings. The summed E-state index contributed by atoms with van der Waals surface area (Å²) in [6.45, 7) is 5.25. The van der Waals surface area contributed by atoms with Gasteiger partial charge in [-0.3, -0.25) is 4.90 Å². The van der Waals surface area contributed by atoms with Gasteiger partial charge >= 0.3 is 0 Å². The zero-order valence-corrected chi connectivity index (χ0v) is 11.6. The Bertz CT molecular complexity index is 425. The van der Waals surface area contributed by atoms with Crippen LogP contribution in [0.1, 0.15) is 18.9 Å². The van der Waals surface area contributed by atoms with Gasteiger partial charge in [0.1, 0.15) is 0 Å². The lowest BCUT2D eigenvalue weighted by atomic mass is 9.83. The standard InChI is InChI=1S/C14H20BN3O/c1-10(15)17-8-12-5-13(9-17)18(12)7-11-3-4-14(19-2)16-6-11/h3-4,6,10,12-13H,5,7-9H2,1-2H3. The van der Waals surface area contributed by atoms with Gasteiger partial charge < -0.3 is 9.64 Å². The summed E-state index contributed by atoms with van der Waals surface area (Å²) in [7, 11) is 7.61. The molecule has 0 aromatic carbocycles. The Morgan fingerprint density at radius 2 is 2.16 bits per heavy atom. The fourth-order valence-corrected chi connectivity index (χ4v) is 3.15. The van der Waals surface area contributed by atoms with Crippen LogP contribution in [0.25, 0.3) is 0 Å². The zero-order chi connectivity index (χ0) is 13.4. The second-order valence-corrected chi connectivity index (χ2v) is 5.62.